The molecule has 0 unspecified atom stereocenters. The second kappa shape index (κ2) is 4.90. The molecule has 0 saturated carbocycles. The zero-order valence-corrected chi connectivity index (χ0v) is 11.3. The van der Waals surface area contributed by atoms with Gasteiger partial charge in [0.05, 0.1) is 34.7 Å². The molecule has 5 nitrogen and oxygen atoms in total. The fraction of sp³-hybridized carbons (Fsp3) is 0.0714. The van der Waals surface area contributed by atoms with E-state index in [1.54, 1.807) is 37.7 Å². The summed E-state index contributed by atoms with van der Waals surface area (Å²) < 4.78 is 6.10. The number of fused-ring (bicyclic) bond motifs is 1. The van der Waals surface area contributed by atoms with E-state index in [-0.39, 0.29) is 5.56 Å². The van der Waals surface area contributed by atoms with Crippen molar-refractivity contribution in [2.75, 3.05) is 7.11 Å². The molecule has 2 heterocycles. The Morgan fingerprint density at radius 1 is 1.35 bits per heavy atom. The van der Waals surface area contributed by atoms with Gasteiger partial charge in [0.15, 0.2) is 0 Å². The highest BCUT2D eigenvalue weighted by Gasteiger charge is 2.12. The molecule has 0 aliphatic rings. The number of aromatic nitrogens is 2. The average Bonchev–Trinajstić information content (AvgIpc) is 2.89. The van der Waals surface area contributed by atoms with Gasteiger partial charge < -0.3 is 9.84 Å². The Bertz CT molecular complexity index is 798. The van der Waals surface area contributed by atoms with E-state index in [0.29, 0.717) is 5.75 Å². The van der Waals surface area contributed by atoms with Gasteiger partial charge in [-0.1, -0.05) is 0 Å². The summed E-state index contributed by atoms with van der Waals surface area (Å²) in [4.78, 5) is 19.5. The first kappa shape index (κ1) is 12.6. The first-order valence-corrected chi connectivity index (χ1v) is 6.63. The third-order valence-corrected chi connectivity index (χ3v) is 3.92. The highest BCUT2D eigenvalue weighted by molar-refractivity contribution is 7.21. The number of aromatic carboxylic acids is 1. The van der Waals surface area contributed by atoms with E-state index in [0.717, 1.165) is 20.8 Å². The number of hydrogen-bond acceptors (Lipinski definition) is 5. The largest absolute Gasteiger partial charge is 0.494 e. The highest BCUT2D eigenvalue weighted by Crippen LogP contribution is 2.35. The Morgan fingerprint density at radius 2 is 2.20 bits per heavy atom. The molecule has 0 saturated heterocycles. The average molecular weight is 286 g/mol. The Kier molecular flexibility index (Phi) is 3.08. The summed E-state index contributed by atoms with van der Waals surface area (Å²) >= 11 is 1.43. The fourth-order valence-electron chi connectivity index (χ4n) is 1.89. The van der Waals surface area contributed by atoms with Gasteiger partial charge in [-0.15, -0.1) is 11.3 Å². The van der Waals surface area contributed by atoms with Crippen molar-refractivity contribution in [2.45, 2.75) is 0 Å². The molecule has 2 aromatic heterocycles. The van der Waals surface area contributed by atoms with Gasteiger partial charge in [0.1, 0.15) is 10.8 Å². The lowest BCUT2D eigenvalue weighted by Crippen LogP contribution is -1.94. The van der Waals surface area contributed by atoms with Crippen LogP contribution in [0.1, 0.15) is 10.4 Å². The molecule has 1 aromatic carbocycles. The molecule has 6 heteroatoms. The number of pyridine rings is 1. The summed E-state index contributed by atoms with van der Waals surface area (Å²) in [6.45, 7) is 0. The molecular formula is C14H10N2O3S. The van der Waals surface area contributed by atoms with Crippen LogP contribution in [0.15, 0.2) is 36.7 Å². The number of carboxylic acid groups (broad SMARTS) is 1. The first-order valence-electron chi connectivity index (χ1n) is 5.81. The van der Waals surface area contributed by atoms with E-state index < -0.39 is 5.97 Å². The number of rotatable bonds is 3. The van der Waals surface area contributed by atoms with E-state index in [1.807, 2.05) is 6.07 Å². The zero-order chi connectivity index (χ0) is 14.1. The van der Waals surface area contributed by atoms with E-state index in [2.05, 4.69) is 9.97 Å². The molecule has 3 rings (SSSR count). The monoisotopic (exact) mass is 286 g/mol. The quantitative estimate of drug-likeness (QED) is 0.801. The van der Waals surface area contributed by atoms with Crippen molar-refractivity contribution in [3.8, 4) is 16.3 Å². The SMILES string of the molecule is COc1cnccc1-c1nc2ccc(C(=O)O)cc2s1. The van der Waals surface area contributed by atoms with Crippen molar-refractivity contribution >= 4 is 27.5 Å². The summed E-state index contributed by atoms with van der Waals surface area (Å²) in [5, 5.41) is 9.79. The molecule has 3 aromatic rings. The Balaban J connectivity index is 2.15. The van der Waals surface area contributed by atoms with Crippen LogP contribution in [0.4, 0.5) is 0 Å². The van der Waals surface area contributed by atoms with Crippen molar-refractivity contribution in [3.05, 3.63) is 42.2 Å². The molecule has 0 atom stereocenters. The molecule has 20 heavy (non-hydrogen) atoms. The standard InChI is InChI=1S/C14H10N2O3S/c1-19-11-7-15-5-4-9(11)13-16-10-3-2-8(14(17)18)6-12(10)20-13/h2-7H,1H3,(H,17,18). The van der Waals surface area contributed by atoms with Crippen LogP contribution in [0.25, 0.3) is 20.8 Å². The van der Waals surface area contributed by atoms with Crippen LogP contribution >= 0.6 is 11.3 Å². The number of methoxy groups -OCH3 is 1. The first-order chi connectivity index (χ1) is 9.69. The molecule has 100 valence electrons. The number of carbonyl (C=O) groups is 1. The van der Waals surface area contributed by atoms with E-state index >= 15 is 0 Å². The van der Waals surface area contributed by atoms with Crippen molar-refractivity contribution in [2.24, 2.45) is 0 Å². The maximum absolute atomic E-state index is 11.0. The van der Waals surface area contributed by atoms with Crippen molar-refractivity contribution in [1.29, 1.82) is 0 Å². The molecular weight excluding hydrogens is 276 g/mol. The molecule has 0 aliphatic carbocycles. The highest BCUT2D eigenvalue weighted by atomic mass is 32.1. The predicted octanol–water partition coefficient (Wildman–Crippen LogP) is 3.07. The summed E-state index contributed by atoms with van der Waals surface area (Å²) in [5.41, 5.74) is 1.88. The molecule has 0 fully saturated rings. The van der Waals surface area contributed by atoms with Gasteiger partial charge in [-0.3, -0.25) is 4.98 Å². The Hall–Kier alpha value is -2.47. The van der Waals surface area contributed by atoms with Crippen LogP contribution in [0.5, 0.6) is 5.75 Å². The summed E-state index contributed by atoms with van der Waals surface area (Å²) in [6.07, 6.45) is 3.30. The van der Waals surface area contributed by atoms with Gasteiger partial charge in [0, 0.05) is 6.20 Å². The number of benzene rings is 1. The maximum atomic E-state index is 11.0. The molecule has 0 amide bonds. The van der Waals surface area contributed by atoms with E-state index in [4.69, 9.17) is 9.84 Å². The lowest BCUT2D eigenvalue weighted by molar-refractivity contribution is 0.0697. The van der Waals surface area contributed by atoms with Crippen molar-refractivity contribution in [1.82, 2.24) is 9.97 Å². The van der Waals surface area contributed by atoms with Gasteiger partial charge in [0.2, 0.25) is 0 Å². The van der Waals surface area contributed by atoms with Crippen LogP contribution in [-0.2, 0) is 0 Å². The fourth-order valence-corrected chi connectivity index (χ4v) is 2.93. The third kappa shape index (κ3) is 2.10. The number of carboxylic acids is 1. The number of nitrogens with zero attached hydrogens (tertiary/aromatic N) is 2. The summed E-state index contributed by atoms with van der Waals surface area (Å²) in [6, 6.07) is 6.73. The summed E-state index contributed by atoms with van der Waals surface area (Å²) in [7, 11) is 1.58. The summed E-state index contributed by atoms with van der Waals surface area (Å²) in [5.74, 6) is -0.298. The number of ether oxygens (including phenoxy) is 1. The minimum atomic E-state index is -0.941. The van der Waals surface area contributed by atoms with Gasteiger partial charge in [-0.25, -0.2) is 9.78 Å². The lowest BCUT2D eigenvalue weighted by Gasteiger charge is -2.03. The number of thiazole rings is 1. The zero-order valence-electron chi connectivity index (χ0n) is 10.5. The molecule has 0 radical (unpaired) electrons. The lowest BCUT2D eigenvalue weighted by atomic mass is 10.2. The van der Waals surface area contributed by atoms with Crippen LogP contribution in [0, 0.1) is 0 Å². The van der Waals surface area contributed by atoms with Crippen molar-refractivity contribution < 1.29 is 14.6 Å². The van der Waals surface area contributed by atoms with Gasteiger partial charge in [-0.2, -0.15) is 0 Å². The smallest absolute Gasteiger partial charge is 0.335 e. The molecule has 0 aliphatic heterocycles. The predicted molar refractivity (Wildman–Crippen MR) is 76.4 cm³/mol. The molecule has 0 bridgehead atoms. The van der Waals surface area contributed by atoms with Crippen LogP contribution in [0.3, 0.4) is 0 Å². The van der Waals surface area contributed by atoms with Crippen LogP contribution < -0.4 is 4.74 Å². The van der Waals surface area contributed by atoms with Gasteiger partial charge in [0.25, 0.3) is 0 Å². The minimum absolute atomic E-state index is 0.259. The van der Waals surface area contributed by atoms with Crippen LogP contribution in [-0.4, -0.2) is 28.2 Å². The van der Waals surface area contributed by atoms with E-state index in [9.17, 15) is 4.79 Å². The minimum Gasteiger partial charge on any atom is -0.494 e. The van der Waals surface area contributed by atoms with Crippen LogP contribution in [0.2, 0.25) is 0 Å². The molecule has 0 spiro atoms. The maximum Gasteiger partial charge on any atom is 0.335 e. The second-order valence-corrected chi connectivity index (χ2v) is 5.11. The second-order valence-electron chi connectivity index (χ2n) is 4.08. The van der Waals surface area contributed by atoms with Gasteiger partial charge >= 0.3 is 5.97 Å². The number of hydrogen-bond donors (Lipinski definition) is 1. The third-order valence-electron chi connectivity index (χ3n) is 2.87. The Labute approximate surface area is 118 Å². The van der Waals surface area contributed by atoms with E-state index in [1.165, 1.54) is 11.3 Å². The Morgan fingerprint density at radius 3 is 2.95 bits per heavy atom. The normalized spacial score (nSPS) is 10.7. The van der Waals surface area contributed by atoms with Crippen molar-refractivity contribution in [3.63, 3.8) is 0 Å². The van der Waals surface area contributed by atoms with Gasteiger partial charge in [-0.05, 0) is 24.3 Å². The molecule has 1 N–H and O–H groups in total. The topological polar surface area (TPSA) is 72.3 Å².